The quantitative estimate of drug-likeness (QED) is 0.856. The minimum Gasteiger partial charge on any atom is -0.308 e. The van der Waals surface area contributed by atoms with Crippen LogP contribution in [0.2, 0.25) is 0 Å². The summed E-state index contributed by atoms with van der Waals surface area (Å²) in [5, 5.41) is 20.4. The van der Waals surface area contributed by atoms with Crippen LogP contribution in [0.4, 0.5) is 10.5 Å². The number of anilines is 1. The second kappa shape index (κ2) is 6.58. The van der Waals surface area contributed by atoms with Crippen molar-refractivity contribution >= 4 is 11.7 Å². The first-order chi connectivity index (χ1) is 9.74. The maximum absolute atomic E-state index is 12.2. The molecule has 2 rings (SSSR count). The second-order valence-corrected chi connectivity index (χ2v) is 4.84. The average molecular weight is 268 g/mol. The van der Waals surface area contributed by atoms with Crippen molar-refractivity contribution in [2.45, 2.75) is 31.7 Å². The summed E-state index contributed by atoms with van der Waals surface area (Å²) < 4.78 is 0. The van der Waals surface area contributed by atoms with E-state index in [2.05, 4.69) is 11.4 Å². The van der Waals surface area contributed by atoms with Crippen molar-refractivity contribution in [3.05, 3.63) is 29.8 Å². The molecule has 0 unspecified atom stereocenters. The van der Waals surface area contributed by atoms with Gasteiger partial charge in [-0.15, -0.1) is 0 Å². The molecule has 0 saturated heterocycles. The molecular weight excluding hydrogens is 252 g/mol. The fourth-order valence-electron chi connectivity index (χ4n) is 2.48. The molecule has 1 aliphatic carbocycles. The van der Waals surface area contributed by atoms with Gasteiger partial charge in [0.1, 0.15) is 6.54 Å². The van der Waals surface area contributed by atoms with E-state index in [0.717, 1.165) is 25.7 Å². The number of rotatable bonds is 3. The van der Waals surface area contributed by atoms with Crippen molar-refractivity contribution in [3.8, 4) is 12.1 Å². The fraction of sp³-hybridized carbons (Fsp3) is 0.400. The number of carbonyl (C=O) groups is 1. The van der Waals surface area contributed by atoms with Gasteiger partial charge in [-0.05, 0) is 37.1 Å². The van der Waals surface area contributed by atoms with Gasteiger partial charge in [-0.1, -0.05) is 12.8 Å². The van der Waals surface area contributed by atoms with Crippen molar-refractivity contribution in [2.24, 2.45) is 0 Å². The third kappa shape index (κ3) is 3.27. The Balaban J connectivity index is 2.03. The van der Waals surface area contributed by atoms with Gasteiger partial charge in [0.25, 0.3) is 0 Å². The Morgan fingerprint density at radius 3 is 2.45 bits per heavy atom. The number of amides is 2. The number of benzene rings is 1. The van der Waals surface area contributed by atoms with Crippen molar-refractivity contribution in [3.63, 3.8) is 0 Å². The summed E-state index contributed by atoms with van der Waals surface area (Å²) >= 11 is 0. The van der Waals surface area contributed by atoms with E-state index < -0.39 is 0 Å². The number of nitriles is 2. The van der Waals surface area contributed by atoms with Crippen LogP contribution in [0.5, 0.6) is 0 Å². The smallest absolute Gasteiger partial charge is 0.308 e. The maximum atomic E-state index is 12.2. The van der Waals surface area contributed by atoms with E-state index in [1.54, 1.807) is 29.2 Å². The van der Waals surface area contributed by atoms with Crippen LogP contribution in [0.3, 0.4) is 0 Å². The molecule has 20 heavy (non-hydrogen) atoms. The lowest BCUT2D eigenvalue weighted by atomic mass is 10.2. The van der Waals surface area contributed by atoms with E-state index >= 15 is 0 Å². The Morgan fingerprint density at radius 2 is 1.90 bits per heavy atom. The molecule has 0 heterocycles. The maximum Gasteiger partial charge on any atom is 0.322 e. The van der Waals surface area contributed by atoms with Crippen molar-refractivity contribution in [1.29, 1.82) is 10.5 Å². The minimum absolute atomic E-state index is 0.104. The van der Waals surface area contributed by atoms with Crippen LogP contribution >= 0.6 is 0 Å². The highest BCUT2D eigenvalue weighted by Gasteiger charge is 2.26. The highest BCUT2D eigenvalue weighted by Crippen LogP contribution is 2.24. The molecule has 2 amide bonds. The van der Waals surface area contributed by atoms with E-state index in [-0.39, 0.29) is 18.6 Å². The van der Waals surface area contributed by atoms with Gasteiger partial charge in [0.2, 0.25) is 0 Å². The topological polar surface area (TPSA) is 79.9 Å². The molecule has 1 aromatic carbocycles. The molecule has 1 aliphatic rings. The molecule has 1 N–H and O–H groups in total. The molecule has 1 aromatic rings. The summed E-state index contributed by atoms with van der Waals surface area (Å²) in [4.78, 5) is 13.8. The largest absolute Gasteiger partial charge is 0.322 e. The Morgan fingerprint density at radius 1 is 1.25 bits per heavy atom. The third-order valence-corrected chi connectivity index (χ3v) is 3.53. The average Bonchev–Trinajstić information content (AvgIpc) is 2.99. The van der Waals surface area contributed by atoms with Crippen LogP contribution in [-0.2, 0) is 0 Å². The summed E-state index contributed by atoms with van der Waals surface area (Å²) in [5.41, 5.74) is 1.18. The van der Waals surface area contributed by atoms with Crippen LogP contribution < -0.4 is 5.32 Å². The van der Waals surface area contributed by atoms with E-state index in [9.17, 15) is 4.79 Å². The van der Waals surface area contributed by atoms with E-state index in [1.165, 1.54) is 0 Å². The molecule has 5 nitrogen and oxygen atoms in total. The zero-order valence-electron chi connectivity index (χ0n) is 11.2. The fourth-order valence-corrected chi connectivity index (χ4v) is 2.48. The highest BCUT2D eigenvalue weighted by atomic mass is 16.2. The Labute approximate surface area is 118 Å². The summed E-state index contributed by atoms with van der Waals surface area (Å²) in [6.07, 6.45) is 4.14. The standard InChI is InChI=1S/C15H16N4O/c16-9-10-19(14-3-1-2-4-14)15(20)18-13-7-5-12(11-17)6-8-13/h5-8,14H,1-4,10H2,(H,18,20). The number of hydrogen-bond donors (Lipinski definition) is 1. The van der Waals surface area contributed by atoms with E-state index in [0.29, 0.717) is 11.3 Å². The van der Waals surface area contributed by atoms with Gasteiger partial charge < -0.3 is 10.2 Å². The molecule has 0 bridgehead atoms. The molecule has 0 radical (unpaired) electrons. The molecular formula is C15H16N4O. The lowest BCUT2D eigenvalue weighted by Crippen LogP contribution is -2.41. The molecule has 0 atom stereocenters. The van der Waals surface area contributed by atoms with Crippen molar-refractivity contribution in [1.82, 2.24) is 4.90 Å². The summed E-state index contributed by atoms with van der Waals surface area (Å²) in [7, 11) is 0. The number of nitrogens with one attached hydrogen (secondary N) is 1. The number of hydrogen-bond acceptors (Lipinski definition) is 3. The van der Waals surface area contributed by atoms with Crippen LogP contribution in [0.15, 0.2) is 24.3 Å². The number of nitrogens with zero attached hydrogens (tertiary/aromatic N) is 3. The van der Waals surface area contributed by atoms with Crippen LogP contribution in [0, 0.1) is 22.7 Å². The van der Waals surface area contributed by atoms with Gasteiger partial charge in [0, 0.05) is 11.7 Å². The first-order valence-corrected chi connectivity index (χ1v) is 6.69. The summed E-state index contributed by atoms with van der Waals surface area (Å²) in [6, 6.07) is 10.7. The first kappa shape index (κ1) is 13.9. The monoisotopic (exact) mass is 268 g/mol. The third-order valence-electron chi connectivity index (χ3n) is 3.53. The van der Waals surface area contributed by atoms with Crippen LogP contribution in [0.25, 0.3) is 0 Å². The SMILES string of the molecule is N#CCN(C(=O)Nc1ccc(C#N)cc1)C1CCCC1. The van der Waals surface area contributed by atoms with Crippen molar-refractivity contribution in [2.75, 3.05) is 11.9 Å². The van der Waals surface area contributed by atoms with Crippen LogP contribution in [0.1, 0.15) is 31.2 Å². The second-order valence-electron chi connectivity index (χ2n) is 4.84. The van der Waals surface area contributed by atoms with Gasteiger partial charge in [0.15, 0.2) is 0 Å². The van der Waals surface area contributed by atoms with E-state index in [1.807, 2.05) is 6.07 Å². The minimum atomic E-state index is -0.247. The highest BCUT2D eigenvalue weighted by molar-refractivity contribution is 5.89. The number of urea groups is 1. The Bertz CT molecular complexity index is 547. The molecule has 0 aliphatic heterocycles. The lowest BCUT2D eigenvalue weighted by molar-refractivity contribution is 0.197. The molecule has 102 valence electrons. The molecule has 5 heteroatoms. The Kier molecular flexibility index (Phi) is 4.57. The van der Waals surface area contributed by atoms with Crippen molar-refractivity contribution < 1.29 is 4.79 Å². The molecule has 1 saturated carbocycles. The summed E-state index contributed by atoms with van der Waals surface area (Å²) in [5.74, 6) is 0. The molecule has 1 fully saturated rings. The predicted molar refractivity (Wildman–Crippen MR) is 74.8 cm³/mol. The lowest BCUT2D eigenvalue weighted by Gasteiger charge is -2.26. The predicted octanol–water partition coefficient (Wildman–Crippen LogP) is 2.86. The molecule has 0 spiro atoms. The normalized spacial score (nSPS) is 14.3. The zero-order chi connectivity index (χ0) is 14.4. The van der Waals surface area contributed by atoms with Gasteiger partial charge in [-0.3, -0.25) is 0 Å². The van der Waals surface area contributed by atoms with Gasteiger partial charge in [-0.2, -0.15) is 10.5 Å². The Hall–Kier alpha value is -2.53. The number of carbonyl (C=O) groups excluding carboxylic acids is 1. The van der Waals surface area contributed by atoms with Gasteiger partial charge in [0.05, 0.1) is 17.7 Å². The zero-order valence-corrected chi connectivity index (χ0v) is 11.2. The van der Waals surface area contributed by atoms with Gasteiger partial charge in [-0.25, -0.2) is 4.79 Å². The van der Waals surface area contributed by atoms with Crippen LogP contribution in [-0.4, -0.2) is 23.5 Å². The summed E-state index contributed by atoms with van der Waals surface area (Å²) in [6.45, 7) is 0.104. The first-order valence-electron chi connectivity index (χ1n) is 6.69. The molecule has 0 aromatic heterocycles. The van der Waals surface area contributed by atoms with E-state index in [4.69, 9.17) is 10.5 Å². The van der Waals surface area contributed by atoms with Gasteiger partial charge >= 0.3 is 6.03 Å².